The molecule has 1 amide bonds. The zero-order valence-electron chi connectivity index (χ0n) is 15.5. The molecule has 0 spiro atoms. The van der Waals surface area contributed by atoms with Crippen molar-refractivity contribution in [3.63, 3.8) is 0 Å². The Hall–Kier alpha value is -3.21. The zero-order chi connectivity index (χ0) is 19.2. The predicted octanol–water partition coefficient (Wildman–Crippen LogP) is 4.75. The lowest BCUT2D eigenvalue weighted by atomic mass is 10.1. The second-order valence-electron chi connectivity index (χ2n) is 6.35. The fourth-order valence-corrected chi connectivity index (χ4v) is 2.78. The Labute approximate surface area is 158 Å². The van der Waals surface area contributed by atoms with Crippen molar-refractivity contribution in [3.8, 4) is 0 Å². The topological polar surface area (TPSA) is 68.3 Å². The van der Waals surface area contributed by atoms with Gasteiger partial charge in [0.1, 0.15) is 0 Å². The van der Waals surface area contributed by atoms with Crippen molar-refractivity contribution in [3.05, 3.63) is 71.4 Å². The van der Waals surface area contributed by atoms with Gasteiger partial charge in [-0.15, -0.1) is 0 Å². The Kier molecular flexibility index (Phi) is 5.81. The molecule has 1 N–H and O–H groups in total. The number of amides is 1. The van der Waals surface area contributed by atoms with E-state index in [9.17, 15) is 9.59 Å². The summed E-state index contributed by atoms with van der Waals surface area (Å²) < 4.78 is 5.19. The maximum Gasteiger partial charge on any atom is 0.338 e. The number of aryl methyl sites for hydroxylation is 1. The minimum atomic E-state index is -0.350. The smallest absolute Gasteiger partial charge is 0.338 e. The van der Waals surface area contributed by atoms with E-state index in [2.05, 4.69) is 10.3 Å². The molecule has 3 rings (SSSR count). The summed E-state index contributed by atoms with van der Waals surface area (Å²) in [5.74, 6) is -0.563. The molecule has 0 aliphatic carbocycles. The summed E-state index contributed by atoms with van der Waals surface area (Å²) in [5, 5.41) is 3.68. The molecule has 0 saturated heterocycles. The van der Waals surface area contributed by atoms with Gasteiger partial charge < -0.3 is 10.1 Å². The molecule has 138 valence electrons. The van der Waals surface area contributed by atoms with E-state index < -0.39 is 0 Å². The number of anilines is 1. The van der Waals surface area contributed by atoms with E-state index in [0.29, 0.717) is 23.4 Å². The molecular weight excluding hydrogens is 340 g/mol. The van der Waals surface area contributed by atoms with Gasteiger partial charge in [0, 0.05) is 16.8 Å². The number of carbonyl (C=O) groups is 2. The monoisotopic (exact) mass is 362 g/mol. The quantitative estimate of drug-likeness (QED) is 0.507. The van der Waals surface area contributed by atoms with Gasteiger partial charge in [0.2, 0.25) is 0 Å². The standard InChI is InChI=1S/C22H22N2O3/c1-3-4-13-27-22(26)16-9-11-17(12-10-16)24-21(25)19-14-15(2)23-20-8-6-5-7-18(19)20/h5-12,14H,3-4,13H2,1-2H3,(H,24,25). The Morgan fingerprint density at radius 3 is 2.56 bits per heavy atom. The molecular formula is C22H22N2O3. The SMILES string of the molecule is CCCCOC(=O)c1ccc(NC(=O)c2cc(C)nc3ccccc23)cc1. The van der Waals surface area contributed by atoms with Crippen LogP contribution in [0.25, 0.3) is 10.9 Å². The molecule has 0 fully saturated rings. The van der Waals surface area contributed by atoms with E-state index in [1.54, 1.807) is 30.3 Å². The molecule has 3 aromatic rings. The van der Waals surface area contributed by atoms with Crippen molar-refractivity contribution in [2.75, 3.05) is 11.9 Å². The molecule has 2 aromatic carbocycles. The van der Waals surface area contributed by atoms with Crippen LogP contribution in [0.4, 0.5) is 5.69 Å². The molecule has 0 saturated carbocycles. The molecule has 5 nitrogen and oxygen atoms in total. The van der Waals surface area contributed by atoms with Gasteiger partial charge in [-0.25, -0.2) is 4.79 Å². The van der Waals surface area contributed by atoms with Gasteiger partial charge in [-0.05, 0) is 49.7 Å². The third-order valence-corrected chi connectivity index (χ3v) is 4.20. The fourth-order valence-electron chi connectivity index (χ4n) is 2.78. The van der Waals surface area contributed by atoms with E-state index in [1.807, 2.05) is 38.1 Å². The van der Waals surface area contributed by atoms with E-state index >= 15 is 0 Å². The van der Waals surface area contributed by atoms with Crippen molar-refractivity contribution < 1.29 is 14.3 Å². The molecule has 0 bridgehead atoms. The molecule has 0 aliphatic heterocycles. The summed E-state index contributed by atoms with van der Waals surface area (Å²) >= 11 is 0. The maximum absolute atomic E-state index is 12.7. The third kappa shape index (κ3) is 4.50. The van der Waals surface area contributed by atoms with Crippen LogP contribution in [-0.4, -0.2) is 23.5 Å². The lowest BCUT2D eigenvalue weighted by molar-refractivity contribution is 0.0499. The van der Waals surface area contributed by atoms with Crippen molar-refractivity contribution >= 4 is 28.5 Å². The number of para-hydroxylation sites is 1. The number of fused-ring (bicyclic) bond motifs is 1. The molecule has 0 aliphatic rings. The lowest BCUT2D eigenvalue weighted by Gasteiger charge is -2.10. The van der Waals surface area contributed by atoms with Gasteiger partial charge >= 0.3 is 5.97 Å². The Bertz CT molecular complexity index is 965. The van der Waals surface area contributed by atoms with Crippen molar-refractivity contribution in [1.29, 1.82) is 0 Å². The van der Waals surface area contributed by atoms with Crippen LogP contribution < -0.4 is 5.32 Å². The minimum absolute atomic E-state index is 0.213. The average Bonchev–Trinajstić information content (AvgIpc) is 2.68. The molecule has 0 unspecified atom stereocenters. The van der Waals surface area contributed by atoms with E-state index in [1.165, 1.54) is 0 Å². The van der Waals surface area contributed by atoms with Crippen LogP contribution >= 0.6 is 0 Å². The normalized spacial score (nSPS) is 10.6. The van der Waals surface area contributed by atoms with Crippen molar-refractivity contribution in [1.82, 2.24) is 4.98 Å². The third-order valence-electron chi connectivity index (χ3n) is 4.20. The number of nitrogens with one attached hydrogen (secondary N) is 1. The Morgan fingerprint density at radius 1 is 1.07 bits per heavy atom. The molecule has 1 heterocycles. The summed E-state index contributed by atoms with van der Waals surface area (Å²) in [4.78, 5) is 29.1. The van der Waals surface area contributed by atoms with Crippen LogP contribution in [0.5, 0.6) is 0 Å². The van der Waals surface area contributed by atoms with Crippen LogP contribution in [0.15, 0.2) is 54.6 Å². The fraction of sp³-hybridized carbons (Fsp3) is 0.227. The van der Waals surface area contributed by atoms with Gasteiger partial charge in [-0.1, -0.05) is 31.5 Å². The second-order valence-corrected chi connectivity index (χ2v) is 6.35. The summed E-state index contributed by atoms with van der Waals surface area (Å²) in [7, 11) is 0. The summed E-state index contributed by atoms with van der Waals surface area (Å²) in [6.07, 6.45) is 1.82. The largest absolute Gasteiger partial charge is 0.462 e. The average molecular weight is 362 g/mol. The highest BCUT2D eigenvalue weighted by molar-refractivity contribution is 6.12. The van der Waals surface area contributed by atoms with Gasteiger partial charge in [-0.2, -0.15) is 0 Å². The number of ether oxygens (including phenoxy) is 1. The van der Waals surface area contributed by atoms with Crippen LogP contribution in [0.2, 0.25) is 0 Å². The molecule has 0 radical (unpaired) electrons. The Balaban J connectivity index is 1.74. The summed E-state index contributed by atoms with van der Waals surface area (Å²) in [6, 6.07) is 16.0. The number of hydrogen-bond donors (Lipinski definition) is 1. The number of esters is 1. The number of carbonyl (C=O) groups excluding carboxylic acids is 2. The summed E-state index contributed by atoms with van der Waals surface area (Å²) in [6.45, 7) is 4.32. The highest BCUT2D eigenvalue weighted by atomic mass is 16.5. The van der Waals surface area contributed by atoms with E-state index in [-0.39, 0.29) is 11.9 Å². The van der Waals surface area contributed by atoms with Gasteiger partial charge in [0.25, 0.3) is 5.91 Å². The van der Waals surface area contributed by atoms with Gasteiger partial charge in [0.15, 0.2) is 0 Å². The van der Waals surface area contributed by atoms with Gasteiger partial charge in [0.05, 0.1) is 23.3 Å². The molecule has 1 aromatic heterocycles. The number of nitrogens with zero attached hydrogens (tertiary/aromatic N) is 1. The first kappa shape index (κ1) is 18.6. The summed E-state index contributed by atoms with van der Waals surface area (Å²) in [5.41, 5.74) is 3.22. The predicted molar refractivity (Wildman–Crippen MR) is 106 cm³/mol. The number of pyridine rings is 1. The van der Waals surface area contributed by atoms with Crippen molar-refractivity contribution in [2.24, 2.45) is 0 Å². The Morgan fingerprint density at radius 2 is 1.81 bits per heavy atom. The number of unbranched alkanes of at least 4 members (excludes halogenated alkanes) is 1. The highest BCUT2D eigenvalue weighted by Crippen LogP contribution is 2.20. The molecule has 0 atom stereocenters. The second kappa shape index (κ2) is 8.45. The van der Waals surface area contributed by atoms with Crippen LogP contribution in [0, 0.1) is 6.92 Å². The number of aromatic nitrogens is 1. The first-order valence-corrected chi connectivity index (χ1v) is 9.03. The zero-order valence-corrected chi connectivity index (χ0v) is 15.5. The minimum Gasteiger partial charge on any atom is -0.462 e. The van der Waals surface area contributed by atoms with E-state index in [0.717, 1.165) is 29.4 Å². The lowest BCUT2D eigenvalue weighted by Crippen LogP contribution is -2.13. The molecule has 27 heavy (non-hydrogen) atoms. The number of hydrogen-bond acceptors (Lipinski definition) is 4. The maximum atomic E-state index is 12.7. The van der Waals surface area contributed by atoms with Crippen LogP contribution in [0.3, 0.4) is 0 Å². The first-order chi connectivity index (χ1) is 13.1. The van der Waals surface area contributed by atoms with Crippen LogP contribution in [-0.2, 0) is 4.74 Å². The van der Waals surface area contributed by atoms with Crippen LogP contribution in [0.1, 0.15) is 46.2 Å². The van der Waals surface area contributed by atoms with E-state index in [4.69, 9.17) is 4.74 Å². The molecule has 5 heteroatoms. The van der Waals surface area contributed by atoms with Crippen molar-refractivity contribution in [2.45, 2.75) is 26.7 Å². The van der Waals surface area contributed by atoms with Gasteiger partial charge in [-0.3, -0.25) is 9.78 Å². The highest BCUT2D eigenvalue weighted by Gasteiger charge is 2.13. The number of rotatable bonds is 6. The first-order valence-electron chi connectivity index (χ1n) is 9.03. The number of benzene rings is 2.